The minimum Gasteiger partial charge on any atom is -0.465 e. The maximum atomic E-state index is 13.2. The van der Waals surface area contributed by atoms with Crippen molar-refractivity contribution in [1.29, 1.82) is 0 Å². The molecule has 158 valence electrons. The molecule has 2 aromatic heterocycles. The Morgan fingerprint density at radius 1 is 1.20 bits per heavy atom. The van der Waals surface area contributed by atoms with Crippen molar-refractivity contribution >= 4 is 17.6 Å². The summed E-state index contributed by atoms with van der Waals surface area (Å²) in [4.78, 5) is 44.0. The number of ether oxygens (including phenoxy) is 1. The number of amides is 1. The predicted octanol–water partition coefficient (Wildman–Crippen LogP) is 2.00. The summed E-state index contributed by atoms with van der Waals surface area (Å²) in [5.41, 5.74) is 2.45. The Hall–Kier alpha value is -3.16. The molecule has 0 spiro atoms. The lowest BCUT2D eigenvalue weighted by Crippen LogP contribution is -2.40. The lowest BCUT2D eigenvalue weighted by Gasteiger charge is -2.23. The van der Waals surface area contributed by atoms with Crippen molar-refractivity contribution in [3.05, 3.63) is 57.8 Å². The van der Waals surface area contributed by atoms with Gasteiger partial charge in [-0.05, 0) is 36.1 Å². The highest BCUT2D eigenvalue weighted by atomic mass is 16.5. The fraction of sp³-hybridized carbons (Fsp3) is 0.455. The first-order valence-corrected chi connectivity index (χ1v) is 10.3. The number of hydrogen-bond donors (Lipinski definition) is 1. The Bertz CT molecular complexity index is 985. The fourth-order valence-corrected chi connectivity index (χ4v) is 4.26. The van der Waals surface area contributed by atoms with E-state index in [2.05, 4.69) is 10.3 Å². The molecule has 3 heterocycles. The number of fused-ring (bicyclic) bond motifs is 1. The number of carbonyl (C=O) groups excluding carboxylic acids is 2. The van der Waals surface area contributed by atoms with Gasteiger partial charge in [0.25, 0.3) is 5.56 Å². The summed E-state index contributed by atoms with van der Waals surface area (Å²) >= 11 is 0. The van der Waals surface area contributed by atoms with Gasteiger partial charge in [0.05, 0.1) is 12.7 Å². The summed E-state index contributed by atoms with van der Waals surface area (Å²) in [6.07, 6.45) is 10.3. The molecule has 1 saturated carbocycles. The zero-order valence-electron chi connectivity index (χ0n) is 17.1. The molecule has 4 rings (SSSR count). The number of carbonyl (C=O) groups is 2. The van der Waals surface area contributed by atoms with Gasteiger partial charge in [-0.25, -0.2) is 4.79 Å². The van der Waals surface area contributed by atoms with Gasteiger partial charge in [0.1, 0.15) is 12.2 Å². The van der Waals surface area contributed by atoms with E-state index in [4.69, 9.17) is 4.74 Å². The van der Waals surface area contributed by atoms with Crippen molar-refractivity contribution in [2.45, 2.75) is 57.8 Å². The molecule has 1 N–H and O–H groups in total. The molecule has 1 amide bonds. The van der Waals surface area contributed by atoms with Crippen LogP contribution < -0.4 is 15.8 Å². The standard InChI is InChI=1S/C22H26N4O4/c1-30-22(29)16-9-19(25-11-15-7-8-23-10-17(15)13-25)21(28)26(12-16)14-20(27)24-18-5-3-2-4-6-18/h7-10,12,18H,2-6,11,13-14H2,1H3,(H,24,27). The van der Waals surface area contributed by atoms with Crippen molar-refractivity contribution < 1.29 is 14.3 Å². The molecule has 1 fully saturated rings. The highest BCUT2D eigenvalue weighted by Crippen LogP contribution is 2.26. The smallest absolute Gasteiger partial charge is 0.339 e. The molecule has 1 aliphatic heterocycles. The molecular formula is C22H26N4O4. The van der Waals surface area contributed by atoms with Crippen molar-refractivity contribution in [3.8, 4) is 0 Å². The quantitative estimate of drug-likeness (QED) is 0.758. The summed E-state index contributed by atoms with van der Waals surface area (Å²) in [6.45, 7) is 0.943. The van der Waals surface area contributed by atoms with Crippen LogP contribution in [0.2, 0.25) is 0 Å². The number of nitrogens with zero attached hydrogens (tertiary/aromatic N) is 3. The number of methoxy groups -OCH3 is 1. The third-order valence-corrected chi connectivity index (χ3v) is 5.84. The third-order valence-electron chi connectivity index (χ3n) is 5.84. The minimum absolute atomic E-state index is 0.129. The average Bonchev–Trinajstić information content (AvgIpc) is 3.19. The number of hydrogen-bond acceptors (Lipinski definition) is 6. The van der Waals surface area contributed by atoms with Gasteiger partial charge in [0.15, 0.2) is 0 Å². The molecule has 0 saturated heterocycles. The second-order valence-corrected chi connectivity index (χ2v) is 7.94. The maximum absolute atomic E-state index is 13.2. The normalized spacial score (nSPS) is 16.2. The SMILES string of the molecule is COC(=O)c1cc(N2Cc3ccncc3C2)c(=O)n(CC(=O)NC2CCCCC2)c1. The van der Waals surface area contributed by atoms with Gasteiger partial charge < -0.3 is 19.5 Å². The van der Waals surface area contributed by atoms with Crippen LogP contribution in [0.25, 0.3) is 0 Å². The first-order chi connectivity index (χ1) is 14.5. The van der Waals surface area contributed by atoms with E-state index in [9.17, 15) is 14.4 Å². The average molecular weight is 410 g/mol. The molecule has 8 nitrogen and oxygen atoms in total. The molecule has 1 aliphatic carbocycles. The van der Waals surface area contributed by atoms with E-state index in [0.717, 1.165) is 36.8 Å². The van der Waals surface area contributed by atoms with E-state index < -0.39 is 5.97 Å². The summed E-state index contributed by atoms with van der Waals surface area (Å²) in [6, 6.07) is 3.63. The van der Waals surface area contributed by atoms with E-state index >= 15 is 0 Å². The molecule has 0 atom stereocenters. The molecule has 30 heavy (non-hydrogen) atoms. The molecule has 0 aromatic carbocycles. The Kier molecular flexibility index (Phi) is 5.83. The molecule has 0 bridgehead atoms. The number of pyridine rings is 2. The van der Waals surface area contributed by atoms with Gasteiger partial charge in [-0.2, -0.15) is 0 Å². The number of nitrogens with one attached hydrogen (secondary N) is 1. The predicted molar refractivity (Wildman–Crippen MR) is 111 cm³/mol. The Labute approximate surface area is 174 Å². The lowest BCUT2D eigenvalue weighted by molar-refractivity contribution is -0.122. The van der Waals surface area contributed by atoms with Crippen LogP contribution in [0.15, 0.2) is 35.5 Å². The van der Waals surface area contributed by atoms with E-state index in [1.54, 1.807) is 18.5 Å². The topological polar surface area (TPSA) is 93.5 Å². The van der Waals surface area contributed by atoms with Crippen LogP contribution in [-0.2, 0) is 29.2 Å². The molecule has 0 unspecified atom stereocenters. The Morgan fingerprint density at radius 3 is 2.70 bits per heavy atom. The zero-order chi connectivity index (χ0) is 21.1. The van der Waals surface area contributed by atoms with Gasteiger partial charge in [0, 0.05) is 37.7 Å². The van der Waals surface area contributed by atoms with Gasteiger partial charge in [-0.1, -0.05) is 19.3 Å². The van der Waals surface area contributed by atoms with Crippen LogP contribution >= 0.6 is 0 Å². The van der Waals surface area contributed by atoms with Crippen LogP contribution in [0.4, 0.5) is 5.69 Å². The molecule has 2 aromatic rings. The Balaban J connectivity index is 1.60. The third kappa shape index (κ3) is 4.22. The summed E-state index contributed by atoms with van der Waals surface area (Å²) in [5.74, 6) is -0.762. The monoisotopic (exact) mass is 410 g/mol. The number of anilines is 1. The van der Waals surface area contributed by atoms with Crippen LogP contribution in [0, 0.1) is 0 Å². The molecule has 2 aliphatic rings. The second-order valence-electron chi connectivity index (χ2n) is 7.94. The van der Waals surface area contributed by atoms with Crippen LogP contribution in [0.1, 0.15) is 53.6 Å². The van der Waals surface area contributed by atoms with Crippen LogP contribution in [0.5, 0.6) is 0 Å². The van der Waals surface area contributed by atoms with Gasteiger partial charge in [0.2, 0.25) is 5.91 Å². The summed E-state index contributed by atoms with van der Waals surface area (Å²) < 4.78 is 6.16. The number of aromatic nitrogens is 2. The van der Waals surface area contributed by atoms with Crippen molar-refractivity contribution in [1.82, 2.24) is 14.9 Å². The largest absolute Gasteiger partial charge is 0.465 e. The molecule has 0 radical (unpaired) electrons. The highest BCUT2D eigenvalue weighted by Gasteiger charge is 2.24. The fourth-order valence-electron chi connectivity index (χ4n) is 4.26. The van der Waals surface area contributed by atoms with Gasteiger partial charge >= 0.3 is 5.97 Å². The first-order valence-electron chi connectivity index (χ1n) is 10.3. The number of rotatable bonds is 5. The molecule has 8 heteroatoms. The van der Waals surface area contributed by atoms with E-state index in [0.29, 0.717) is 18.8 Å². The Morgan fingerprint density at radius 2 is 1.97 bits per heavy atom. The minimum atomic E-state index is -0.545. The maximum Gasteiger partial charge on any atom is 0.339 e. The van der Waals surface area contributed by atoms with Crippen molar-refractivity contribution in [3.63, 3.8) is 0 Å². The highest BCUT2D eigenvalue weighted by molar-refractivity contribution is 5.90. The second kappa shape index (κ2) is 8.69. The summed E-state index contributed by atoms with van der Waals surface area (Å²) in [7, 11) is 1.30. The van der Waals surface area contributed by atoms with Crippen molar-refractivity contribution in [2.75, 3.05) is 12.0 Å². The lowest BCUT2D eigenvalue weighted by atomic mass is 9.95. The van der Waals surface area contributed by atoms with Gasteiger partial charge in [-0.15, -0.1) is 0 Å². The van der Waals surface area contributed by atoms with Crippen LogP contribution in [0.3, 0.4) is 0 Å². The molecular weight excluding hydrogens is 384 g/mol. The van der Waals surface area contributed by atoms with Crippen molar-refractivity contribution in [2.24, 2.45) is 0 Å². The van der Waals surface area contributed by atoms with Crippen LogP contribution in [-0.4, -0.2) is 34.6 Å². The summed E-state index contributed by atoms with van der Waals surface area (Å²) in [5, 5.41) is 3.02. The van der Waals surface area contributed by atoms with Gasteiger partial charge in [-0.3, -0.25) is 14.6 Å². The first kappa shape index (κ1) is 20.1. The zero-order valence-corrected chi connectivity index (χ0v) is 17.1. The van der Waals surface area contributed by atoms with E-state index in [-0.39, 0.29) is 29.6 Å². The van der Waals surface area contributed by atoms with E-state index in [1.807, 2.05) is 11.0 Å². The number of esters is 1. The van der Waals surface area contributed by atoms with E-state index in [1.165, 1.54) is 24.3 Å².